The maximum absolute atomic E-state index is 13.0. The first kappa shape index (κ1) is 16.8. The van der Waals surface area contributed by atoms with Gasteiger partial charge in [0.15, 0.2) is 0 Å². The molecule has 0 aliphatic heterocycles. The number of carbonyl (C=O) groups is 1. The number of pyridine rings is 1. The summed E-state index contributed by atoms with van der Waals surface area (Å²) in [6.07, 6.45) is 1.35. The Balaban J connectivity index is 2.03. The SMILES string of the molecule is CN(c1ccccc1)c1ccc(C(=O)NCC(F)(F)CN)cn1. The van der Waals surface area contributed by atoms with E-state index in [1.165, 1.54) is 12.3 Å². The average Bonchev–Trinajstić information content (AvgIpc) is 2.60. The van der Waals surface area contributed by atoms with E-state index in [-0.39, 0.29) is 5.56 Å². The van der Waals surface area contributed by atoms with Crippen LogP contribution in [0.3, 0.4) is 0 Å². The summed E-state index contributed by atoms with van der Waals surface area (Å²) in [5, 5.41) is 2.15. The van der Waals surface area contributed by atoms with E-state index >= 15 is 0 Å². The van der Waals surface area contributed by atoms with Gasteiger partial charge >= 0.3 is 0 Å². The second-order valence-electron chi connectivity index (χ2n) is 5.04. The molecule has 0 aliphatic carbocycles. The van der Waals surface area contributed by atoms with Gasteiger partial charge < -0.3 is 16.0 Å². The van der Waals surface area contributed by atoms with Gasteiger partial charge in [-0.25, -0.2) is 13.8 Å². The highest BCUT2D eigenvalue weighted by Gasteiger charge is 2.27. The Morgan fingerprint density at radius 3 is 2.52 bits per heavy atom. The van der Waals surface area contributed by atoms with Crippen LogP contribution in [0.4, 0.5) is 20.3 Å². The molecule has 0 aliphatic rings. The largest absolute Gasteiger partial charge is 0.346 e. The van der Waals surface area contributed by atoms with Crippen molar-refractivity contribution in [2.24, 2.45) is 5.73 Å². The van der Waals surface area contributed by atoms with E-state index < -0.39 is 24.9 Å². The lowest BCUT2D eigenvalue weighted by Gasteiger charge is -2.18. The van der Waals surface area contributed by atoms with Crippen molar-refractivity contribution in [1.82, 2.24) is 10.3 Å². The van der Waals surface area contributed by atoms with Crippen LogP contribution in [0.15, 0.2) is 48.7 Å². The van der Waals surface area contributed by atoms with E-state index in [2.05, 4.69) is 10.3 Å². The van der Waals surface area contributed by atoms with Crippen LogP contribution in [-0.2, 0) is 0 Å². The Morgan fingerprint density at radius 1 is 1.26 bits per heavy atom. The molecule has 2 aromatic rings. The number of nitrogens with zero attached hydrogens (tertiary/aromatic N) is 2. The van der Waals surface area contributed by atoms with Gasteiger partial charge in [0, 0.05) is 18.9 Å². The lowest BCUT2D eigenvalue weighted by Crippen LogP contribution is -2.41. The summed E-state index contributed by atoms with van der Waals surface area (Å²) in [5.74, 6) is -3.09. The number of alkyl halides is 2. The molecule has 122 valence electrons. The molecule has 23 heavy (non-hydrogen) atoms. The Labute approximate surface area is 133 Å². The molecule has 0 atom stereocenters. The van der Waals surface area contributed by atoms with Crippen molar-refractivity contribution in [3.8, 4) is 0 Å². The van der Waals surface area contributed by atoms with E-state index in [4.69, 9.17) is 5.73 Å². The first-order valence-corrected chi connectivity index (χ1v) is 7.04. The summed E-state index contributed by atoms with van der Waals surface area (Å²) in [7, 11) is 1.85. The molecule has 3 N–H and O–H groups in total. The summed E-state index contributed by atoms with van der Waals surface area (Å²) in [5.41, 5.74) is 6.08. The van der Waals surface area contributed by atoms with Crippen molar-refractivity contribution >= 4 is 17.4 Å². The van der Waals surface area contributed by atoms with Gasteiger partial charge in [-0.1, -0.05) is 18.2 Å². The molecule has 0 saturated heterocycles. The van der Waals surface area contributed by atoms with Gasteiger partial charge in [-0.15, -0.1) is 0 Å². The summed E-state index contributed by atoms with van der Waals surface area (Å²) < 4.78 is 26.0. The monoisotopic (exact) mass is 320 g/mol. The fraction of sp³-hybridized carbons (Fsp3) is 0.250. The molecule has 0 fully saturated rings. The van der Waals surface area contributed by atoms with Gasteiger partial charge in [-0.3, -0.25) is 4.79 Å². The quantitative estimate of drug-likeness (QED) is 0.856. The van der Waals surface area contributed by atoms with Crippen LogP contribution in [-0.4, -0.2) is 37.0 Å². The molecule has 0 saturated carbocycles. The number of nitrogens with one attached hydrogen (secondary N) is 1. The second-order valence-corrected chi connectivity index (χ2v) is 5.04. The zero-order valence-corrected chi connectivity index (χ0v) is 12.7. The van der Waals surface area contributed by atoms with Crippen LogP contribution in [0.5, 0.6) is 0 Å². The Kier molecular flexibility index (Phi) is 5.23. The fourth-order valence-electron chi connectivity index (χ4n) is 1.89. The molecule has 7 heteroatoms. The van der Waals surface area contributed by atoms with Gasteiger partial charge in [0.2, 0.25) is 0 Å². The summed E-state index contributed by atoms with van der Waals surface area (Å²) in [4.78, 5) is 17.9. The predicted molar refractivity (Wildman–Crippen MR) is 85.1 cm³/mol. The van der Waals surface area contributed by atoms with Crippen LogP contribution in [0.1, 0.15) is 10.4 Å². The lowest BCUT2D eigenvalue weighted by molar-refractivity contribution is 0.0118. The van der Waals surface area contributed by atoms with Crippen molar-refractivity contribution < 1.29 is 13.6 Å². The number of hydrogen-bond donors (Lipinski definition) is 2. The molecule has 0 bridgehead atoms. The summed E-state index contributed by atoms with van der Waals surface area (Å²) >= 11 is 0. The van der Waals surface area contributed by atoms with Crippen molar-refractivity contribution in [1.29, 1.82) is 0 Å². The molecule has 1 aromatic carbocycles. The smallest absolute Gasteiger partial charge is 0.277 e. The highest BCUT2D eigenvalue weighted by atomic mass is 19.3. The van der Waals surface area contributed by atoms with Gasteiger partial charge in [0.1, 0.15) is 5.82 Å². The first-order chi connectivity index (χ1) is 10.9. The minimum atomic E-state index is -3.11. The number of aromatic nitrogens is 1. The van der Waals surface area contributed by atoms with Crippen LogP contribution in [0.25, 0.3) is 0 Å². The van der Waals surface area contributed by atoms with Crippen molar-refractivity contribution in [3.05, 3.63) is 54.2 Å². The van der Waals surface area contributed by atoms with Crippen LogP contribution in [0, 0.1) is 0 Å². The average molecular weight is 320 g/mol. The number of rotatable bonds is 6. The maximum atomic E-state index is 13.0. The first-order valence-electron chi connectivity index (χ1n) is 7.04. The number of amides is 1. The van der Waals surface area contributed by atoms with E-state index in [9.17, 15) is 13.6 Å². The molecule has 2 rings (SSSR count). The fourth-order valence-corrected chi connectivity index (χ4v) is 1.89. The molecule has 1 amide bonds. The number of benzene rings is 1. The Bertz CT molecular complexity index is 647. The molecule has 0 radical (unpaired) electrons. The number of hydrogen-bond acceptors (Lipinski definition) is 4. The number of anilines is 2. The number of halogens is 2. The van der Waals surface area contributed by atoms with Gasteiger partial charge in [-0.05, 0) is 24.3 Å². The van der Waals surface area contributed by atoms with E-state index in [0.717, 1.165) is 5.69 Å². The molecule has 0 spiro atoms. The second kappa shape index (κ2) is 7.15. The highest BCUT2D eigenvalue weighted by Crippen LogP contribution is 2.20. The highest BCUT2D eigenvalue weighted by molar-refractivity contribution is 5.94. The van der Waals surface area contributed by atoms with Crippen molar-refractivity contribution in [2.75, 3.05) is 25.0 Å². The van der Waals surface area contributed by atoms with Crippen LogP contribution < -0.4 is 16.0 Å². The Morgan fingerprint density at radius 2 is 1.96 bits per heavy atom. The summed E-state index contributed by atoms with van der Waals surface area (Å²) in [6.45, 7) is -1.61. The zero-order chi connectivity index (χ0) is 16.9. The Hall–Kier alpha value is -2.54. The molecule has 0 unspecified atom stereocenters. The number of para-hydroxylation sites is 1. The number of nitrogens with two attached hydrogens (primary N) is 1. The van der Waals surface area contributed by atoms with Gasteiger partial charge in [0.25, 0.3) is 11.8 Å². The van der Waals surface area contributed by atoms with Crippen LogP contribution >= 0.6 is 0 Å². The summed E-state index contributed by atoms with van der Waals surface area (Å²) in [6, 6.07) is 12.8. The van der Waals surface area contributed by atoms with Crippen LogP contribution in [0.2, 0.25) is 0 Å². The number of carbonyl (C=O) groups excluding carboxylic acids is 1. The topological polar surface area (TPSA) is 71.2 Å². The standard InChI is InChI=1S/C16H18F2N4O/c1-22(13-5-3-2-4-6-13)14-8-7-12(9-20-14)15(23)21-11-16(17,18)10-19/h2-9H,10-11,19H2,1H3,(H,21,23). The van der Waals surface area contributed by atoms with Crippen molar-refractivity contribution in [2.45, 2.75) is 5.92 Å². The molecule has 5 nitrogen and oxygen atoms in total. The van der Waals surface area contributed by atoms with E-state index in [0.29, 0.717) is 5.82 Å². The third-order valence-electron chi connectivity index (χ3n) is 3.30. The lowest BCUT2D eigenvalue weighted by atomic mass is 10.2. The van der Waals surface area contributed by atoms with E-state index in [1.807, 2.05) is 42.3 Å². The normalized spacial score (nSPS) is 11.1. The third-order valence-corrected chi connectivity index (χ3v) is 3.30. The molecular formula is C16H18F2N4O. The van der Waals surface area contributed by atoms with E-state index in [1.54, 1.807) is 6.07 Å². The van der Waals surface area contributed by atoms with Gasteiger partial charge in [0.05, 0.1) is 18.7 Å². The molecule has 1 heterocycles. The van der Waals surface area contributed by atoms with Gasteiger partial charge in [-0.2, -0.15) is 0 Å². The molecule has 1 aromatic heterocycles. The third kappa shape index (κ3) is 4.46. The molecular weight excluding hydrogens is 302 g/mol. The maximum Gasteiger partial charge on any atom is 0.277 e. The predicted octanol–water partition coefficient (Wildman–Crippen LogP) is 2.17. The minimum Gasteiger partial charge on any atom is -0.346 e. The van der Waals surface area contributed by atoms with Crippen molar-refractivity contribution in [3.63, 3.8) is 0 Å². The zero-order valence-electron chi connectivity index (χ0n) is 12.7. The minimum absolute atomic E-state index is 0.211.